The fourth-order valence-corrected chi connectivity index (χ4v) is 1.96. The van der Waals surface area contributed by atoms with Crippen LogP contribution in [-0.4, -0.2) is 21.8 Å². The van der Waals surface area contributed by atoms with Gasteiger partial charge in [-0.05, 0) is 25.5 Å². The first-order valence-electron chi connectivity index (χ1n) is 6.41. The zero-order chi connectivity index (χ0) is 13.0. The molecule has 0 fully saturated rings. The van der Waals surface area contributed by atoms with Crippen LogP contribution in [0.15, 0.2) is 24.4 Å². The first-order valence-corrected chi connectivity index (χ1v) is 6.41. The summed E-state index contributed by atoms with van der Waals surface area (Å²) >= 11 is 0. The summed E-state index contributed by atoms with van der Waals surface area (Å²) < 4.78 is 2.07. The lowest BCUT2D eigenvalue weighted by Gasteiger charge is -2.01. The van der Waals surface area contributed by atoms with E-state index in [4.69, 9.17) is 0 Å². The summed E-state index contributed by atoms with van der Waals surface area (Å²) in [6.45, 7) is 4.72. The Kier molecular flexibility index (Phi) is 3.97. The number of nitrogens with one attached hydrogen (secondary N) is 1. The van der Waals surface area contributed by atoms with Crippen LogP contribution in [0.4, 0.5) is 0 Å². The van der Waals surface area contributed by atoms with Gasteiger partial charge in [0, 0.05) is 31.3 Å². The smallest absolute Gasteiger partial charge is 0.219 e. The van der Waals surface area contributed by atoms with Crippen LogP contribution in [0.2, 0.25) is 0 Å². The van der Waals surface area contributed by atoms with Crippen LogP contribution >= 0.6 is 0 Å². The molecule has 0 aromatic carbocycles. The van der Waals surface area contributed by atoms with E-state index in [1.807, 2.05) is 25.3 Å². The Bertz CT molecular complexity index is 545. The maximum Gasteiger partial charge on any atom is 0.219 e. The highest BCUT2D eigenvalue weighted by Crippen LogP contribution is 2.08. The van der Waals surface area contributed by atoms with Gasteiger partial charge in [-0.3, -0.25) is 4.79 Å². The zero-order valence-electron chi connectivity index (χ0n) is 10.9. The quantitative estimate of drug-likeness (QED) is 0.877. The second-order valence-electron chi connectivity index (χ2n) is 4.48. The maximum atomic E-state index is 11.3. The summed E-state index contributed by atoms with van der Waals surface area (Å²) in [5, 5.41) is 2.90. The number of hydrogen-bond acceptors (Lipinski definition) is 2. The molecule has 0 aliphatic carbocycles. The lowest BCUT2D eigenvalue weighted by atomic mass is 10.3. The Morgan fingerprint density at radius 3 is 3.00 bits per heavy atom. The molecule has 2 aromatic rings. The normalized spacial score (nSPS) is 10.8. The van der Waals surface area contributed by atoms with Gasteiger partial charge in [-0.25, -0.2) is 4.98 Å². The van der Waals surface area contributed by atoms with Crippen LogP contribution < -0.4 is 5.32 Å². The van der Waals surface area contributed by atoms with E-state index in [-0.39, 0.29) is 5.91 Å². The molecule has 0 radical (unpaired) electrons. The third-order valence-corrected chi connectivity index (χ3v) is 2.93. The van der Waals surface area contributed by atoms with Crippen LogP contribution in [0.5, 0.6) is 0 Å². The number of fused-ring (bicyclic) bond motifs is 1. The van der Waals surface area contributed by atoms with Crippen molar-refractivity contribution in [1.82, 2.24) is 14.7 Å². The van der Waals surface area contributed by atoms with Crippen molar-refractivity contribution in [1.29, 1.82) is 0 Å². The molecule has 4 nitrogen and oxygen atoms in total. The minimum atomic E-state index is 0.123. The van der Waals surface area contributed by atoms with Crippen LogP contribution in [0.25, 0.3) is 5.65 Å². The number of nitrogens with zero attached hydrogens (tertiary/aromatic N) is 2. The standard InChI is InChI=1S/C14H19N3O/c1-3-5-14(18)15-9-8-12-10-17-11(2)6-4-7-13(17)16-12/h4,6-7,10H,3,5,8-9H2,1-2H3,(H,15,18). The fourth-order valence-electron chi connectivity index (χ4n) is 1.96. The molecule has 96 valence electrons. The molecular weight excluding hydrogens is 226 g/mol. The molecule has 2 aromatic heterocycles. The molecule has 2 rings (SSSR count). The van der Waals surface area contributed by atoms with Crippen molar-refractivity contribution in [2.75, 3.05) is 6.54 Å². The molecule has 0 saturated heterocycles. The van der Waals surface area contributed by atoms with Gasteiger partial charge in [0.15, 0.2) is 0 Å². The highest BCUT2D eigenvalue weighted by Gasteiger charge is 2.04. The molecule has 4 heteroatoms. The number of aromatic nitrogens is 2. The summed E-state index contributed by atoms with van der Waals surface area (Å²) in [5.74, 6) is 0.123. The van der Waals surface area contributed by atoms with Gasteiger partial charge in [0.1, 0.15) is 5.65 Å². The number of carbonyl (C=O) groups excluding carboxylic acids is 1. The Morgan fingerprint density at radius 1 is 1.44 bits per heavy atom. The van der Waals surface area contributed by atoms with Gasteiger partial charge in [-0.2, -0.15) is 0 Å². The predicted octanol–water partition coefficient (Wildman–Crippen LogP) is 2.10. The summed E-state index contributed by atoms with van der Waals surface area (Å²) in [6.07, 6.45) is 4.30. The SMILES string of the molecule is CCCC(=O)NCCc1cn2c(C)cccc2n1. The second-order valence-corrected chi connectivity index (χ2v) is 4.48. The highest BCUT2D eigenvalue weighted by atomic mass is 16.1. The van der Waals surface area contributed by atoms with E-state index in [1.54, 1.807) is 0 Å². The number of carbonyl (C=O) groups is 1. The Hall–Kier alpha value is -1.84. The lowest BCUT2D eigenvalue weighted by Crippen LogP contribution is -2.25. The first kappa shape index (κ1) is 12.6. The molecule has 0 spiro atoms. The summed E-state index contributed by atoms with van der Waals surface area (Å²) in [4.78, 5) is 15.9. The van der Waals surface area contributed by atoms with E-state index < -0.39 is 0 Å². The molecule has 0 aliphatic heterocycles. The van der Waals surface area contributed by atoms with Crippen molar-refractivity contribution in [2.24, 2.45) is 0 Å². The zero-order valence-corrected chi connectivity index (χ0v) is 10.9. The van der Waals surface area contributed by atoms with E-state index >= 15 is 0 Å². The largest absolute Gasteiger partial charge is 0.356 e. The lowest BCUT2D eigenvalue weighted by molar-refractivity contribution is -0.121. The van der Waals surface area contributed by atoms with E-state index in [1.165, 1.54) is 5.69 Å². The Labute approximate surface area is 107 Å². The molecule has 0 aliphatic rings. The minimum Gasteiger partial charge on any atom is -0.356 e. The van der Waals surface area contributed by atoms with Gasteiger partial charge in [0.05, 0.1) is 5.69 Å². The third-order valence-electron chi connectivity index (χ3n) is 2.93. The molecule has 0 saturated carbocycles. The van der Waals surface area contributed by atoms with Crippen molar-refractivity contribution in [3.05, 3.63) is 35.8 Å². The number of pyridine rings is 1. The van der Waals surface area contributed by atoms with E-state index in [2.05, 4.69) is 27.7 Å². The molecule has 2 heterocycles. The van der Waals surface area contributed by atoms with Crippen molar-refractivity contribution in [3.8, 4) is 0 Å². The molecule has 0 unspecified atom stereocenters. The topological polar surface area (TPSA) is 46.4 Å². The van der Waals surface area contributed by atoms with Crippen molar-refractivity contribution >= 4 is 11.6 Å². The molecule has 18 heavy (non-hydrogen) atoms. The van der Waals surface area contributed by atoms with Crippen molar-refractivity contribution < 1.29 is 4.79 Å². The van der Waals surface area contributed by atoms with Gasteiger partial charge in [0.2, 0.25) is 5.91 Å². The maximum absolute atomic E-state index is 11.3. The van der Waals surface area contributed by atoms with Crippen molar-refractivity contribution in [2.45, 2.75) is 33.1 Å². The molecular formula is C14H19N3O. The number of amides is 1. The minimum absolute atomic E-state index is 0.123. The predicted molar refractivity (Wildman–Crippen MR) is 71.6 cm³/mol. The van der Waals surface area contributed by atoms with Gasteiger partial charge in [-0.15, -0.1) is 0 Å². The molecule has 1 N–H and O–H groups in total. The summed E-state index contributed by atoms with van der Waals surface area (Å²) in [5.41, 5.74) is 3.15. The van der Waals surface area contributed by atoms with Crippen LogP contribution in [0.3, 0.4) is 0 Å². The third kappa shape index (κ3) is 2.88. The van der Waals surface area contributed by atoms with E-state index in [9.17, 15) is 4.79 Å². The fraction of sp³-hybridized carbons (Fsp3) is 0.429. The molecule has 0 bridgehead atoms. The second kappa shape index (κ2) is 5.67. The van der Waals surface area contributed by atoms with E-state index in [0.29, 0.717) is 13.0 Å². The van der Waals surface area contributed by atoms with Crippen LogP contribution in [0.1, 0.15) is 31.2 Å². The van der Waals surface area contributed by atoms with Gasteiger partial charge in [0.25, 0.3) is 0 Å². The molecule has 1 amide bonds. The van der Waals surface area contributed by atoms with Gasteiger partial charge >= 0.3 is 0 Å². The van der Waals surface area contributed by atoms with Gasteiger partial charge in [-0.1, -0.05) is 13.0 Å². The highest BCUT2D eigenvalue weighted by molar-refractivity contribution is 5.75. The first-order chi connectivity index (χ1) is 8.70. The van der Waals surface area contributed by atoms with Crippen LogP contribution in [0, 0.1) is 6.92 Å². The van der Waals surface area contributed by atoms with Crippen molar-refractivity contribution in [3.63, 3.8) is 0 Å². The number of aryl methyl sites for hydroxylation is 1. The summed E-state index contributed by atoms with van der Waals surface area (Å²) in [6, 6.07) is 6.05. The van der Waals surface area contributed by atoms with Gasteiger partial charge < -0.3 is 9.72 Å². The number of rotatable bonds is 5. The van der Waals surface area contributed by atoms with E-state index in [0.717, 1.165) is 24.2 Å². The monoisotopic (exact) mass is 245 g/mol. The average molecular weight is 245 g/mol. The van der Waals surface area contributed by atoms with Crippen LogP contribution in [-0.2, 0) is 11.2 Å². The average Bonchev–Trinajstić information content (AvgIpc) is 2.74. The number of imidazole rings is 1. The Balaban J connectivity index is 1.96. The molecule has 0 atom stereocenters. The number of hydrogen-bond donors (Lipinski definition) is 1. The summed E-state index contributed by atoms with van der Waals surface area (Å²) in [7, 11) is 0. The Morgan fingerprint density at radius 2 is 2.28 bits per heavy atom.